The Balaban J connectivity index is 2.41. The summed E-state index contributed by atoms with van der Waals surface area (Å²) in [7, 11) is 0. The first-order valence-electron chi connectivity index (χ1n) is 3.67. The van der Waals surface area contributed by atoms with Crippen LogP contribution in [0.3, 0.4) is 0 Å². The molecule has 0 amide bonds. The fourth-order valence-corrected chi connectivity index (χ4v) is 0.969. The molecule has 0 bridgehead atoms. The third-order valence-electron chi connectivity index (χ3n) is 1.55. The van der Waals surface area contributed by atoms with Crippen LogP contribution in [-0.2, 0) is 4.79 Å². The van der Waals surface area contributed by atoms with Crippen molar-refractivity contribution in [3.8, 4) is 11.4 Å². The Kier molecular flexibility index (Phi) is 1.88. The molecule has 0 saturated carbocycles. The first-order chi connectivity index (χ1) is 6.40. The second kappa shape index (κ2) is 3.18. The van der Waals surface area contributed by atoms with Gasteiger partial charge in [-0.1, -0.05) is 35.5 Å². The molecule has 0 fully saturated rings. The molecule has 0 atom stereocenters. The van der Waals surface area contributed by atoms with Gasteiger partial charge in [0.2, 0.25) is 5.82 Å². The number of nitrogens with zero attached hydrogens (tertiary/aromatic N) is 2. The van der Waals surface area contributed by atoms with Crippen LogP contribution < -0.4 is 0 Å². The minimum Gasteiger partial charge on any atom is -0.330 e. The average molecular weight is 173 g/mol. The fraction of sp³-hybridized carbons (Fsp3) is 0. The molecule has 0 N–H and O–H groups in total. The van der Waals surface area contributed by atoms with Crippen LogP contribution in [-0.4, -0.2) is 16.4 Å². The maximum Gasteiger partial charge on any atom is 0.303 e. The quantitative estimate of drug-likeness (QED) is 0.684. The Morgan fingerprint density at radius 3 is 2.62 bits per heavy atom. The van der Waals surface area contributed by atoms with Gasteiger partial charge in [-0.3, -0.25) is 4.79 Å². The Hall–Kier alpha value is -1.97. The van der Waals surface area contributed by atoms with Crippen molar-refractivity contribution in [2.75, 3.05) is 0 Å². The second-order valence-corrected chi connectivity index (χ2v) is 2.39. The molecule has 13 heavy (non-hydrogen) atoms. The fourth-order valence-electron chi connectivity index (χ4n) is 0.969. The largest absolute Gasteiger partial charge is 0.330 e. The summed E-state index contributed by atoms with van der Waals surface area (Å²) in [6.45, 7) is 0. The van der Waals surface area contributed by atoms with Crippen LogP contribution in [0, 0.1) is 0 Å². The van der Waals surface area contributed by atoms with E-state index in [0.29, 0.717) is 5.82 Å². The highest BCUT2D eigenvalue weighted by Crippen LogP contribution is 2.13. The van der Waals surface area contributed by atoms with E-state index in [1.165, 1.54) is 6.29 Å². The summed E-state index contributed by atoms with van der Waals surface area (Å²) in [5, 5.41) is 3.61. The molecule has 4 nitrogen and oxygen atoms in total. The molecule has 2 rings (SSSR count). The Bertz CT molecular complexity index is 409. The maximum atomic E-state index is 10.1. The highest BCUT2D eigenvalue weighted by atomic mass is 16.5. The number of benzene rings is 1. The van der Waals surface area contributed by atoms with Crippen molar-refractivity contribution in [2.24, 2.45) is 0 Å². The summed E-state index contributed by atoms with van der Waals surface area (Å²) in [5.74, 6) is 0.276. The molecule has 0 aliphatic heterocycles. The number of aromatic nitrogens is 2. The molecule has 0 aliphatic rings. The minimum absolute atomic E-state index is 0.126. The van der Waals surface area contributed by atoms with Gasteiger partial charge in [0, 0.05) is 5.56 Å². The van der Waals surface area contributed by atoms with Crippen molar-refractivity contribution in [1.29, 1.82) is 0 Å². The molecular formula is C9H5N2O2. The summed E-state index contributed by atoms with van der Waals surface area (Å²) in [6.07, 6.45) is 1.53. The summed E-state index contributed by atoms with van der Waals surface area (Å²) in [6, 6.07) is 9.27. The van der Waals surface area contributed by atoms with E-state index in [9.17, 15) is 4.79 Å². The van der Waals surface area contributed by atoms with Gasteiger partial charge in [-0.2, -0.15) is 4.98 Å². The monoisotopic (exact) mass is 173 g/mol. The Morgan fingerprint density at radius 1 is 1.23 bits per heavy atom. The Labute approximate surface area is 74.2 Å². The molecule has 0 unspecified atom stereocenters. The first-order valence-corrected chi connectivity index (χ1v) is 3.67. The smallest absolute Gasteiger partial charge is 0.303 e. The van der Waals surface area contributed by atoms with E-state index >= 15 is 0 Å². The topological polar surface area (TPSA) is 56.0 Å². The third kappa shape index (κ3) is 1.46. The van der Waals surface area contributed by atoms with Crippen LogP contribution >= 0.6 is 0 Å². The van der Waals surface area contributed by atoms with Crippen LogP contribution in [0.1, 0.15) is 5.89 Å². The van der Waals surface area contributed by atoms with Gasteiger partial charge < -0.3 is 4.52 Å². The lowest BCUT2D eigenvalue weighted by molar-refractivity contribution is 0.404. The molecule has 0 spiro atoms. The zero-order valence-electron chi connectivity index (χ0n) is 6.60. The molecular weight excluding hydrogens is 168 g/mol. The highest BCUT2D eigenvalue weighted by Gasteiger charge is 2.06. The summed E-state index contributed by atoms with van der Waals surface area (Å²) < 4.78 is 4.58. The number of carbonyl (C=O) groups excluding carboxylic acids is 1. The van der Waals surface area contributed by atoms with Gasteiger partial charge in [0.05, 0.1) is 0 Å². The van der Waals surface area contributed by atoms with Gasteiger partial charge in [0.15, 0.2) is 0 Å². The lowest BCUT2D eigenvalue weighted by Crippen LogP contribution is -1.81. The first kappa shape index (κ1) is 7.67. The van der Waals surface area contributed by atoms with Gasteiger partial charge >= 0.3 is 5.89 Å². The third-order valence-corrected chi connectivity index (χ3v) is 1.55. The van der Waals surface area contributed by atoms with Crippen molar-refractivity contribution in [3.05, 3.63) is 36.2 Å². The van der Waals surface area contributed by atoms with Gasteiger partial charge in [-0.25, -0.2) is 0 Å². The molecule has 0 saturated heterocycles. The highest BCUT2D eigenvalue weighted by molar-refractivity contribution is 5.69. The zero-order chi connectivity index (χ0) is 9.10. The van der Waals surface area contributed by atoms with Crippen LogP contribution in [0.4, 0.5) is 0 Å². The molecule has 63 valence electrons. The van der Waals surface area contributed by atoms with Crippen molar-refractivity contribution in [3.63, 3.8) is 0 Å². The normalized spacial score (nSPS) is 9.85. The van der Waals surface area contributed by atoms with Crippen LogP contribution in [0.15, 0.2) is 34.9 Å². The Morgan fingerprint density at radius 2 is 2.00 bits per heavy atom. The van der Waals surface area contributed by atoms with Gasteiger partial charge in [-0.05, 0) is 0 Å². The van der Waals surface area contributed by atoms with E-state index in [2.05, 4.69) is 14.7 Å². The van der Waals surface area contributed by atoms with Gasteiger partial charge in [0.1, 0.15) is 0 Å². The van der Waals surface area contributed by atoms with E-state index < -0.39 is 0 Å². The maximum absolute atomic E-state index is 10.1. The van der Waals surface area contributed by atoms with E-state index in [1.807, 2.05) is 30.3 Å². The molecule has 2 aromatic rings. The summed E-state index contributed by atoms with van der Waals surface area (Å²) in [5.41, 5.74) is 0.813. The van der Waals surface area contributed by atoms with E-state index in [4.69, 9.17) is 0 Å². The zero-order valence-corrected chi connectivity index (χ0v) is 6.60. The van der Waals surface area contributed by atoms with E-state index in [-0.39, 0.29) is 5.89 Å². The van der Waals surface area contributed by atoms with Crippen LogP contribution in [0.2, 0.25) is 0 Å². The van der Waals surface area contributed by atoms with Crippen LogP contribution in [0.25, 0.3) is 11.4 Å². The lowest BCUT2D eigenvalue weighted by Gasteiger charge is -1.89. The van der Waals surface area contributed by atoms with E-state index in [0.717, 1.165) is 5.56 Å². The van der Waals surface area contributed by atoms with Crippen molar-refractivity contribution in [2.45, 2.75) is 0 Å². The summed E-state index contributed by atoms with van der Waals surface area (Å²) >= 11 is 0. The standard InChI is InChI=1S/C9H5N2O2/c12-6-8-10-9(11-13-8)7-4-2-1-3-5-7/h1-5H. The predicted octanol–water partition coefficient (Wildman–Crippen LogP) is 1.19. The summed E-state index contributed by atoms with van der Waals surface area (Å²) in [4.78, 5) is 13.9. The molecule has 1 heterocycles. The minimum atomic E-state index is -0.126. The molecule has 1 radical (unpaired) electrons. The molecule has 4 heteroatoms. The van der Waals surface area contributed by atoms with Gasteiger partial charge in [0.25, 0.3) is 6.29 Å². The SMILES string of the molecule is O=[C]c1nc(-c2ccccc2)no1. The van der Waals surface area contributed by atoms with Crippen molar-refractivity contribution < 1.29 is 9.32 Å². The molecule has 1 aromatic heterocycles. The second-order valence-electron chi connectivity index (χ2n) is 2.39. The van der Waals surface area contributed by atoms with Crippen LogP contribution in [0.5, 0.6) is 0 Å². The average Bonchev–Trinajstić information content (AvgIpc) is 2.67. The predicted molar refractivity (Wildman–Crippen MR) is 44.5 cm³/mol. The molecule has 1 aromatic carbocycles. The van der Waals surface area contributed by atoms with Gasteiger partial charge in [-0.15, -0.1) is 0 Å². The number of hydrogen-bond donors (Lipinski definition) is 0. The number of rotatable bonds is 2. The molecule has 0 aliphatic carbocycles. The van der Waals surface area contributed by atoms with Crippen molar-refractivity contribution in [1.82, 2.24) is 10.1 Å². The lowest BCUT2D eigenvalue weighted by atomic mass is 10.2. The van der Waals surface area contributed by atoms with E-state index in [1.54, 1.807) is 0 Å². The van der Waals surface area contributed by atoms with Crippen molar-refractivity contribution >= 4 is 6.29 Å². The number of hydrogen-bond acceptors (Lipinski definition) is 4.